The van der Waals surface area contributed by atoms with Crippen LogP contribution in [0.25, 0.3) is 22.4 Å². The van der Waals surface area contributed by atoms with Gasteiger partial charge in [-0.2, -0.15) is 5.26 Å². The van der Waals surface area contributed by atoms with Gasteiger partial charge in [0.1, 0.15) is 11.6 Å². The van der Waals surface area contributed by atoms with Crippen LogP contribution in [0.4, 0.5) is 0 Å². The lowest BCUT2D eigenvalue weighted by atomic mass is 10.2. The van der Waals surface area contributed by atoms with E-state index in [1.807, 2.05) is 0 Å². The summed E-state index contributed by atoms with van der Waals surface area (Å²) in [6.45, 7) is 2.16. The molecule has 2 aromatic carbocycles. The molecule has 0 aliphatic rings. The first kappa shape index (κ1) is 16.0. The zero-order valence-corrected chi connectivity index (χ0v) is 13.6. The van der Waals surface area contributed by atoms with E-state index in [4.69, 9.17) is 15.1 Å². The Labute approximate surface area is 138 Å². The smallest absolute Gasteiger partial charge is 0.238 e. The Hall–Kier alpha value is -2.89. The maximum absolute atomic E-state index is 11.5. The number of aromatic nitrogens is 2. The molecular formula is C16H14N4O3S. The summed E-state index contributed by atoms with van der Waals surface area (Å²) >= 11 is 0. The molecule has 0 fully saturated rings. The third-order valence-corrected chi connectivity index (χ3v) is 4.36. The molecule has 0 saturated heterocycles. The van der Waals surface area contributed by atoms with Crippen LogP contribution in [-0.2, 0) is 10.0 Å². The normalized spacial score (nSPS) is 11.4. The number of H-pyrrole nitrogens is 1. The predicted molar refractivity (Wildman–Crippen MR) is 88.8 cm³/mol. The zero-order valence-electron chi connectivity index (χ0n) is 12.8. The second kappa shape index (κ2) is 5.96. The summed E-state index contributed by atoms with van der Waals surface area (Å²) in [5.41, 5.74) is 2.54. The molecule has 1 heterocycles. The van der Waals surface area contributed by atoms with Crippen molar-refractivity contribution in [1.82, 2.24) is 9.97 Å². The van der Waals surface area contributed by atoms with E-state index in [0.29, 0.717) is 40.3 Å². The van der Waals surface area contributed by atoms with Crippen molar-refractivity contribution in [1.29, 1.82) is 5.26 Å². The van der Waals surface area contributed by atoms with E-state index in [-0.39, 0.29) is 4.90 Å². The lowest BCUT2D eigenvalue weighted by Crippen LogP contribution is -2.12. The van der Waals surface area contributed by atoms with Gasteiger partial charge >= 0.3 is 0 Å². The molecule has 0 amide bonds. The Morgan fingerprint density at radius 3 is 2.75 bits per heavy atom. The molecule has 0 saturated carbocycles. The van der Waals surface area contributed by atoms with Crippen LogP contribution in [0.2, 0.25) is 0 Å². The largest absolute Gasteiger partial charge is 0.493 e. The molecule has 3 rings (SSSR count). The van der Waals surface area contributed by atoms with Crippen LogP contribution >= 0.6 is 0 Å². The van der Waals surface area contributed by atoms with Crippen LogP contribution in [0.5, 0.6) is 5.75 Å². The van der Waals surface area contributed by atoms with Crippen molar-refractivity contribution < 1.29 is 13.2 Å². The number of nitrogens with two attached hydrogens (primary N) is 1. The van der Waals surface area contributed by atoms with Gasteiger partial charge in [0.15, 0.2) is 0 Å². The van der Waals surface area contributed by atoms with Gasteiger partial charge in [-0.1, -0.05) is 0 Å². The fourth-order valence-electron chi connectivity index (χ4n) is 2.36. The van der Waals surface area contributed by atoms with Crippen molar-refractivity contribution in [2.45, 2.75) is 11.8 Å². The minimum atomic E-state index is -3.82. The van der Waals surface area contributed by atoms with Crippen LogP contribution < -0.4 is 9.88 Å². The van der Waals surface area contributed by atoms with Crippen molar-refractivity contribution in [2.24, 2.45) is 5.14 Å². The number of nitrogens with one attached hydrogen (secondary N) is 1. The number of hydrogen-bond donors (Lipinski definition) is 2. The van der Waals surface area contributed by atoms with Gasteiger partial charge in [-0.25, -0.2) is 18.5 Å². The van der Waals surface area contributed by atoms with Gasteiger partial charge in [-0.15, -0.1) is 0 Å². The number of rotatable bonds is 4. The van der Waals surface area contributed by atoms with Gasteiger partial charge in [0, 0.05) is 6.07 Å². The zero-order chi connectivity index (χ0) is 17.3. The van der Waals surface area contributed by atoms with Crippen LogP contribution in [0.3, 0.4) is 0 Å². The number of hydrogen-bond acceptors (Lipinski definition) is 5. The van der Waals surface area contributed by atoms with E-state index in [0.717, 1.165) is 0 Å². The van der Waals surface area contributed by atoms with Gasteiger partial charge in [0.2, 0.25) is 10.0 Å². The molecule has 3 aromatic rings. The molecule has 0 atom stereocenters. The molecule has 7 nitrogen and oxygen atoms in total. The number of sulfonamides is 1. The fourth-order valence-corrected chi connectivity index (χ4v) is 2.89. The Morgan fingerprint density at radius 1 is 1.29 bits per heavy atom. The summed E-state index contributed by atoms with van der Waals surface area (Å²) in [4.78, 5) is 7.56. The highest BCUT2D eigenvalue weighted by Crippen LogP contribution is 2.31. The van der Waals surface area contributed by atoms with Crippen LogP contribution in [0.1, 0.15) is 12.5 Å². The van der Waals surface area contributed by atoms with Gasteiger partial charge < -0.3 is 9.72 Å². The maximum Gasteiger partial charge on any atom is 0.238 e. The quantitative estimate of drug-likeness (QED) is 0.752. The molecule has 1 aromatic heterocycles. The first-order valence-electron chi connectivity index (χ1n) is 7.12. The number of benzene rings is 2. The van der Waals surface area contributed by atoms with Crippen molar-refractivity contribution in [3.8, 4) is 23.2 Å². The molecule has 0 radical (unpaired) electrons. The third-order valence-electron chi connectivity index (χ3n) is 3.45. The Morgan fingerprint density at radius 2 is 2.08 bits per heavy atom. The number of nitrogens with zero attached hydrogens (tertiary/aromatic N) is 2. The number of primary sulfonamides is 1. The lowest BCUT2D eigenvalue weighted by molar-refractivity contribution is 0.340. The molecule has 0 spiro atoms. The fraction of sp³-hybridized carbons (Fsp3) is 0.125. The molecule has 0 aliphatic heterocycles. The molecule has 0 aliphatic carbocycles. The monoisotopic (exact) mass is 342 g/mol. The molecular weight excluding hydrogens is 328 g/mol. The Bertz CT molecular complexity index is 1060. The van der Waals surface area contributed by atoms with Crippen molar-refractivity contribution in [3.05, 3.63) is 42.0 Å². The summed E-state index contributed by atoms with van der Waals surface area (Å²) in [5, 5.41) is 14.1. The lowest BCUT2D eigenvalue weighted by Gasteiger charge is -2.10. The average molecular weight is 342 g/mol. The summed E-state index contributed by atoms with van der Waals surface area (Å²) in [7, 11) is -3.82. The van der Waals surface area contributed by atoms with Crippen molar-refractivity contribution in [2.75, 3.05) is 6.61 Å². The first-order chi connectivity index (χ1) is 11.4. The topological polar surface area (TPSA) is 122 Å². The highest BCUT2D eigenvalue weighted by Gasteiger charge is 2.16. The second-order valence-corrected chi connectivity index (χ2v) is 6.63. The minimum Gasteiger partial charge on any atom is -0.493 e. The van der Waals surface area contributed by atoms with Crippen molar-refractivity contribution >= 4 is 21.1 Å². The SMILES string of the molecule is CCOc1cc(S(N)(=O)=O)ccc1-c1nc2ccc(C#N)cc2[nH]1. The predicted octanol–water partition coefficient (Wildman–Crippen LogP) is 2.15. The van der Waals surface area contributed by atoms with Crippen LogP contribution in [0, 0.1) is 11.3 Å². The number of fused-ring (bicyclic) bond motifs is 1. The molecule has 24 heavy (non-hydrogen) atoms. The average Bonchev–Trinajstić information content (AvgIpc) is 2.97. The molecule has 8 heteroatoms. The summed E-state index contributed by atoms with van der Waals surface area (Å²) in [6.07, 6.45) is 0. The number of imidazole rings is 1. The molecule has 0 bridgehead atoms. The van der Waals surface area contributed by atoms with Crippen LogP contribution in [0.15, 0.2) is 41.3 Å². The first-order valence-corrected chi connectivity index (χ1v) is 8.67. The van der Waals surface area contributed by atoms with E-state index in [1.165, 1.54) is 12.1 Å². The molecule has 3 N–H and O–H groups in total. The Kier molecular flexibility index (Phi) is 3.97. The van der Waals surface area contributed by atoms with Gasteiger partial charge in [-0.05, 0) is 37.3 Å². The van der Waals surface area contributed by atoms with Crippen molar-refractivity contribution in [3.63, 3.8) is 0 Å². The highest BCUT2D eigenvalue weighted by atomic mass is 32.2. The minimum absolute atomic E-state index is 0.0300. The third kappa shape index (κ3) is 2.95. The number of aromatic amines is 1. The van der Waals surface area contributed by atoms with E-state index < -0.39 is 10.0 Å². The van der Waals surface area contributed by atoms with Gasteiger partial charge in [0.05, 0.1) is 39.7 Å². The van der Waals surface area contributed by atoms with E-state index in [9.17, 15) is 8.42 Å². The number of nitriles is 1. The van der Waals surface area contributed by atoms with Gasteiger partial charge in [-0.3, -0.25) is 0 Å². The Balaban J connectivity index is 2.16. The summed E-state index contributed by atoms with van der Waals surface area (Å²) in [5.74, 6) is 0.882. The summed E-state index contributed by atoms with van der Waals surface area (Å²) < 4.78 is 28.6. The van der Waals surface area contributed by atoms with E-state index in [1.54, 1.807) is 31.2 Å². The summed E-state index contributed by atoms with van der Waals surface area (Å²) in [6, 6.07) is 11.6. The maximum atomic E-state index is 11.5. The highest BCUT2D eigenvalue weighted by molar-refractivity contribution is 7.89. The van der Waals surface area contributed by atoms with Crippen LogP contribution in [-0.4, -0.2) is 25.0 Å². The molecule has 0 unspecified atom stereocenters. The van der Waals surface area contributed by atoms with E-state index >= 15 is 0 Å². The van der Waals surface area contributed by atoms with Gasteiger partial charge in [0.25, 0.3) is 0 Å². The van der Waals surface area contributed by atoms with E-state index in [2.05, 4.69) is 16.0 Å². The molecule has 122 valence electrons. The second-order valence-electron chi connectivity index (χ2n) is 5.07. The number of ether oxygens (including phenoxy) is 1. The standard InChI is InChI=1S/C16H14N4O3S/c1-2-23-15-8-11(24(18,21)22)4-5-12(15)16-19-13-6-3-10(9-17)7-14(13)20-16/h3-8H,2H2,1H3,(H,19,20)(H2,18,21,22).